The van der Waals surface area contributed by atoms with E-state index in [1.165, 1.54) is 50.3 Å². The monoisotopic (exact) mass is 311 g/mol. The molecule has 1 aliphatic rings. The van der Waals surface area contributed by atoms with E-state index in [0.717, 1.165) is 6.54 Å². The number of hydrogen-bond donors (Lipinski definition) is 2. The standard InChI is InChI=1S/C16H22FNO2S/c1-21-16(7-3-2-4-8-16)11-18-10-13-9-12(15(19)20)5-6-14(13)17/h5-6,9,18H,2-4,7-8,10-11H2,1H3,(H,19,20). The van der Waals surface area contributed by atoms with Crippen LogP contribution in [0.4, 0.5) is 4.39 Å². The largest absolute Gasteiger partial charge is 0.478 e. The second-order valence-electron chi connectivity index (χ2n) is 5.66. The molecular weight excluding hydrogens is 289 g/mol. The summed E-state index contributed by atoms with van der Waals surface area (Å²) in [5.74, 6) is -1.38. The van der Waals surface area contributed by atoms with Gasteiger partial charge in [0.1, 0.15) is 5.82 Å². The second-order valence-corrected chi connectivity index (χ2v) is 6.94. The minimum absolute atomic E-state index is 0.130. The summed E-state index contributed by atoms with van der Waals surface area (Å²) in [6, 6.07) is 3.94. The summed E-state index contributed by atoms with van der Waals surface area (Å²) in [5, 5.41) is 12.3. The quantitative estimate of drug-likeness (QED) is 0.841. The number of carboxylic acids is 1. The fraction of sp³-hybridized carbons (Fsp3) is 0.562. The van der Waals surface area contributed by atoms with Crippen molar-refractivity contribution in [3.63, 3.8) is 0 Å². The van der Waals surface area contributed by atoms with Gasteiger partial charge in [-0.3, -0.25) is 0 Å². The van der Waals surface area contributed by atoms with Gasteiger partial charge in [-0.25, -0.2) is 9.18 Å². The Morgan fingerprint density at radius 2 is 2.10 bits per heavy atom. The molecule has 0 radical (unpaired) electrons. The maximum Gasteiger partial charge on any atom is 0.335 e. The van der Waals surface area contributed by atoms with Gasteiger partial charge >= 0.3 is 5.97 Å². The van der Waals surface area contributed by atoms with Crippen molar-refractivity contribution in [3.05, 3.63) is 35.1 Å². The number of hydrogen-bond acceptors (Lipinski definition) is 3. The first-order valence-electron chi connectivity index (χ1n) is 7.34. The highest BCUT2D eigenvalue weighted by atomic mass is 32.2. The van der Waals surface area contributed by atoms with Crippen LogP contribution in [-0.4, -0.2) is 28.6 Å². The Bertz CT molecular complexity index is 501. The fourth-order valence-corrected chi connectivity index (χ4v) is 3.86. The van der Waals surface area contributed by atoms with Crippen LogP contribution in [0.3, 0.4) is 0 Å². The summed E-state index contributed by atoms with van der Waals surface area (Å²) in [6.45, 7) is 1.21. The van der Waals surface area contributed by atoms with Gasteiger partial charge in [0.25, 0.3) is 0 Å². The zero-order valence-electron chi connectivity index (χ0n) is 12.3. The molecule has 1 fully saturated rings. The maximum atomic E-state index is 13.7. The highest BCUT2D eigenvalue weighted by Crippen LogP contribution is 2.38. The van der Waals surface area contributed by atoms with E-state index >= 15 is 0 Å². The van der Waals surface area contributed by atoms with Gasteiger partial charge in [0.2, 0.25) is 0 Å². The average Bonchev–Trinajstić information content (AvgIpc) is 2.50. The van der Waals surface area contributed by atoms with Crippen molar-refractivity contribution in [3.8, 4) is 0 Å². The van der Waals surface area contributed by atoms with Gasteiger partial charge in [0.15, 0.2) is 0 Å². The Morgan fingerprint density at radius 1 is 1.38 bits per heavy atom. The number of carbonyl (C=O) groups is 1. The molecular formula is C16H22FNO2S. The predicted molar refractivity (Wildman–Crippen MR) is 84.4 cm³/mol. The third-order valence-electron chi connectivity index (χ3n) is 4.25. The lowest BCUT2D eigenvalue weighted by atomic mass is 9.88. The van der Waals surface area contributed by atoms with Gasteiger partial charge < -0.3 is 10.4 Å². The van der Waals surface area contributed by atoms with E-state index in [4.69, 9.17) is 5.11 Å². The van der Waals surface area contributed by atoms with Crippen LogP contribution in [0.1, 0.15) is 48.0 Å². The van der Waals surface area contributed by atoms with E-state index in [1.54, 1.807) is 0 Å². The molecule has 0 bridgehead atoms. The molecule has 1 aromatic carbocycles. The average molecular weight is 311 g/mol. The molecule has 0 amide bonds. The molecule has 3 nitrogen and oxygen atoms in total. The summed E-state index contributed by atoms with van der Waals surface area (Å²) in [5.41, 5.74) is 0.549. The molecule has 0 unspecified atom stereocenters. The van der Waals surface area contributed by atoms with E-state index in [1.807, 2.05) is 11.8 Å². The van der Waals surface area contributed by atoms with Gasteiger partial charge in [0, 0.05) is 23.4 Å². The minimum atomic E-state index is -1.02. The molecule has 0 saturated heterocycles. The van der Waals surface area contributed by atoms with Crippen molar-refractivity contribution in [2.45, 2.75) is 43.4 Å². The fourth-order valence-electron chi connectivity index (χ4n) is 2.92. The highest BCUT2D eigenvalue weighted by molar-refractivity contribution is 8.00. The van der Waals surface area contributed by atoms with Crippen molar-refractivity contribution in [2.24, 2.45) is 0 Å². The molecule has 0 aliphatic heterocycles. The number of aromatic carboxylic acids is 1. The zero-order chi connectivity index (χ0) is 15.3. The first-order valence-corrected chi connectivity index (χ1v) is 8.56. The Hall–Kier alpha value is -1.07. The van der Waals surface area contributed by atoms with Crippen LogP contribution in [0.25, 0.3) is 0 Å². The second kappa shape index (κ2) is 7.27. The normalized spacial score (nSPS) is 17.6. The summed E-state index contributed by atoms with van der Waals surface area (Å²) in [7, 11) is 0. The van der Waals surface area contributed by atoms with Crippen molar-refractivity contribution in [2.75, 3.05) is 12.8 Å². The predicted octanol–water partition coefficient (Wildman–Crippen LogP) is 3.68. The van der Waals surface area contributed by atoms with Crippen molar-refractivity contribution in [1.29, 1.82) is 0 Å². The van der Waals surface area contributed by atoms with Crippen LogP contribution in [0.2, 0.25) is 0 Å². The van der Waals surface area contributed by atoms with Crippen molar-refractivity contribution in [1.82, 2.24) is 5.32 Å². The first kappa shape index (κ1) is 16.3. The molecule has 5 heteroatoms. The van der Waals surface area contributed by atoms with Crippen LogP contribution in [-0.2, 0) is 6.54 Å². The Kier molecular flexibility index (Phi) is 5.65. The van der Waals surface area contributed by atoms with Gasteiger partial charge in [-0.2, -0.15) is 11.8 Å². The summed E-state index contributed by atoms with van der Waals surface area (Å²) in [6.07, 6.45) is 8.34. The maximum absolute atomic E-state index is 13.7. The number of rotatable bonds is 6. The molecule has 1 aliphatic carbocycles. The Morgan fingerprint density at radius 3 is 2.71 bits per heavy atom. The van der Waals surface area contributed by atoms with Crippen LogP contribution >= 0.6 is 11.8 Å². The third kappa shape index (κ3) is 4.20. The van der Waals surface area contributed by atoms with Crippen LogP contribution in [0, 0.1) is 5.82 Å². The molecule has 0 atom stereocenters. The lowest BCUT2D eigenvalue weighted by Crippen LogP contribution is -2.39. The molecule has 21 heavy (non-hydrogen) atoms. The van der Waals surface area contributed by atoms with E-state index < -0.39 is 5.97 Å². The number of thioether (sulfide) groups is 1. The number of halogens is 1. The molecule has 0 heterocycles. The van der Waals surface area contributed by atoms with Gasteiger partial charge in [-0.05, 0) is 37.3 Å². The highest BCUT2D eigenvalue weighted by Gasteiger charge is 2.30. The van der Waals surface area contributed by atoms with Crippen molar-refractivity contribution < 1.29 is 14.3 Å². The summed E-state index contributed by atoms with van der Waals surface area (Å²) in [4.78, 5) is 10.9. The van der Waals surface area contributed by atoms with Gasteiger partial charge in [-0.1, -0.05) is 19.3 Å². The number of nitrogens with one attached hydrogen (secondary N) is 1. The molecule has 0 spiro atoms. The van der Waals surface area contributed by atoms with Gasteiger partial charge in [-0.15, -0.1) is 0 Å². The molecule has 1 aromatic rings. The number of carboxylic acid groups (broad SMARTS) is 1. The van der Waals surface area contributed by atoms with E-state index in [2.05, 4.69) is 11.6 Å². The zero-order valence-corrected chi connectivity index (χ0v) is 13.1. The van der Waals surface area contributed by atoms with Crippen LogP contribution in [0.15, 0.2) is 18.2 Å². The first-order chi connectivity index (χ1) is 10.1. The van der Waals surface area contributed by atoms with Crippen LogP contribution < -0.4 is 5.32 Å². The Balaban J connectivity index is 1.96. The molecule has 1 saturated carbocycles. The van der Waals surface area contributed by atoms with E-state index in [0.29, 0.717) is 12.1 Å². The molecule has 0 aromatic heterocycles. The summed E-state index contributed by atoms with van der Waals surface area (Å²) >= 11 is 1.89. The SMILES string of the molecule is CSC1(CNCc2cc(C(=O)O)ccc2F)CCCCC1. The van der Waals surface area contributed by atoms with Crippen LogP contribution in [0.5, 0.6) is 0 Å². The topological polar surface area (TPSA) is 49.3 Å². The van der Waals surface area contributed by atoms with Gasteiger partial charge in [0.05, 0.1) is 5.56 Å². The smallest absolute Gasteiger partial charge is 0.335 e. The molecule has 116 valence electrons. The molecule has 2 N–H and O–H groups in total. The number of benzene rings is 1. The lowest BCUT2D eigenvalue weighted by molar-refractivity contribution is 0.0696. The van der Waals surface area contributed by atoms with E-state index in [9.17, 15) is 9.18 Å². The van der Waals surface area contributed by atoms with Crippen molar-refractivity contribution >= 4 is 17.7 Å². The molecule has 2 rings (SSSR count). The van der Waals surface area contributed by atoms with E-state index in [-0.39, 0.29) is 16.1 Å². The Labute approximate surface area is 129 Å². The lowest BCUT2D eigenvalue weighted by Gasteiger charge is -2.36. The minimum Gasteiger partial charge on any atom is -0.478 e. The summed E-state index contributed by atoms with van der Waals surface area (Å²) < 4.78 is 14.0. The third-order valence-corrected chi connectivity index (χ3v) is 5.67.